The second kappa shape index (κ2) is 7.75. The van der Waals surface area contributed by atoms with E-state index in [1.807, 2.05) is 12.1 Å². The fraction of sp³-hybridized carbons (Fsp3) is 0.278. The van der Waals surface area contributed by atoms with Crippen molar-refractivity contribution in [1.82, 2.24) is 4.90 Å². The Morgan fingerprint density at radius 3 is 2.54 bits per heavy atom. The first kappa shape index (κ1) is 16.9. The van der Waals surface area contributed by atoms with Crippen LogP contribution in [-0.2, 0) is 11.3 Å². The maximum absolute atomic E-state index is 13.1. The van der Waals surface area contributed by atoms with Crippen LogP contribution < -0.4 is 5.32 Å². The third-order valence-electron chi connectivity index (χ3n) is 3.90. The van der Waals surface area contributed by atoms with Crippen molar-refractivity contribution >= 4 is 23.2 Å². The van der Waals surface area contributed by atoms with E-state index in [1.54, 1.807) is 12.1 Å². The predicted molar refractivity (Wildman–Crippen MR) is 91.9 cm³/mol. The summed E-state index contributed by atoms with van der Waals surface area (Å²) in [5, 5.41) is 2.69. The van der Waals surface area contributed by atoms with Crippen LogP contribution in [0.25, 0.3) is 0 Å². The summed E-state index contributed by atoms with van der Waals surface area (Å²) in [6.45, 7) is 4.22. The Labute approximate surface area is 145 Å². The number of morpholine rings is 1. The lowest BCUT2D eigenvalue weighted by Crippen LogP contribution is -2.35. The van der Waals surface area contributed by atoms with Gasteiger partial charge in [-0.05, 0) is 35.9 Å². The van der Waals surface area contributed by atoms with Crippen LogP contribution in [0, 0.1) is 5.82 Å². The third kappa shape index (κ3) is 4.32. The van der Waals surface area contributed by atoms with Crippen molar-refractivity contribution in [2.75, 3.05) is 31.6 Å². The van der Waals surface area contributed by atoms with Gasteiger partial charge in [-0.25, -0.2) is 4.39 Å². The van der Waals surface area contributed by atoms with E-state index in [-0.39, 0.29) is 10.9 Å². The smallest absolute Gasteiger partial charge is 0.255 e. The van der Waals surface area contributed by atoms with Crippen molar-refractivity contribution in [1.29, 1.82) is 0 Å². The standard InChI is InChI=1S/C18H18ClFN2O2/c19-16-11-15(5-6-17(16)20)21-18(23)14-3-1-13(2-4-14)12-22-7-9-24-10-8-22/h1-6,11H,7-10,12H2,(H,21,23). The van der Waals surface area contributed by atoms with Crippen LogP contribution in [0.1, 0.15) is 15.9 Å². The molecule has 6 heteroatoms. The molecule has 0 radical (unpaired) electrons. The number of hydrogen-bond donors (Lipinski definition) is 1. The molecule has 0 aliphatic carbocycles. The highest BCUT2D eigenvalue weighted by molar-refractivity contribution is 6.31. The molecule has 1 saturated heterocycles. The monoisotopic (exact) mass is 348 g/mol. The van der Waals surface area contributed by atoms with Crippen LogP contribution in [0.15, 0.2) is 42.5 Å². The van der Waals surface area contributed by atoms with Gasteiger partial charge < -0.3 is 10.1 Å². The van der Waals surface area contributed by atoms with Crippen LogP contribution in [0.5, 0.6) is 0 Å². The van der Waals surface area contributed by atoms with Crippen LogP contribution >= 0.6 is 11.6 Å². The lowest BCUT2D eigenvalue weighted by atomic mass is 10.1. The van der Waals surface area contributed by atoms with Gasteiger partial charge in [-0.2, -0.15) is 0 Å². The zero-order valence-electron chi connectivity index (χ0n) is 13.1. The molecule has 126 valence electrons. The second-order valence-electron chi connectivity index (χ2n) is 5.67. The molecule has 1 aliphatic heterocycles. The van der Waals surface area contributed by atoms with Gasteiger partial charge in [0, 0.05) is 30.9 Å². The fourth-order valence-corrected chi connectivity index (χ4v) is 2.74. The van der Waals surface area contributed by atoms with Gasteiger partial charge in [-0.15, -0.1) is 0 Å². The number of ether oxygens (including phenoxy) is 1. The molecule has 0 unspecified atom stereocenters. The molecule has 1 amide bonds. The van der Waals surface area contributed by atoms with Gasteiger partial charge in [0.2, 0.25) is 0 Å². The first-order valence-electron chi connectivity index (χ1n) is 7.77. The molecule has 0 spiro atoms. The third-order valence-corrected chi connectivity index (χ3v) is 4.19. The highest BCUT2D eigenvalue weighted by Gasteiger charge is 2.12. The van der Waals surface area contributed by atoms with Gasteiger partial charge in [0.25, 0.3) is 5.91 Å². The number of halogens is 2. The Hall–Kier alpha value is -1.95. The molecule has 24 heavy (non-hydrogen) atoms. The largest absolute Gasteiger partial charge is 0.379 e. The summed E-state index contributed by atoms with van der Waals surface area (Å²) in [5.74, 6) is -0.766. The summed E-state index contributed by atoms with van der Waals surface area (Å²) < 4.78 is 18.5. The lowest BCUT2D eigenvalue weighted by Gasteiger charge is -2.26. The van der Waals surface area contributed by atoms with E-state index in [2.05, 4.69) is 10.2 Å². The van der Waals surface area contributed by atoms with E-state index in [1.165, 1.54) is 18.2 Å². The molecule has 0 atom stereocenters. The van der Waals surface area contributed by atoms with Crippen molar-refractivity contribution in [3.05, 3.63) is 64.4 Å². The van der Waals surface area contributed by atoms with Gasteiger partial charge >= 0.3 is 0 Å². The van der Waals surface area contributed by atoms with E-state index in [9.17, 15) is 9.18 Å². The van der Waals surface area contributed by atoms with Crippen LogP contribution in [-0.4, -0.2) is 37.1 Å². The number of carbonyl (C=O) groups excluding carboxylic acids is 1. The molecular weight excluding hydrogens is 331 g/mol. The van der Waals surface area contributed by atoms with Gasteiger partial charge in [-0.1, -0.05) is 23.7 Å². The summed E-state index contributed by atoms with van der Waals surface area (Å²) in [6.07, 6.45) is 0. The second-order valence-corrected chi connectivity index (χ2v) is 6.08. The molecule has 1 N–H and O–H groups in total. The molecule has 3 rings (SSSR count). The number of rotatable bonds is 4. The number of carbonyl (C=O) groups is 1. The first-order valence-corrected chi connectivity index (χ1v) is 8.15. The van der Waals surface area contributed by atoms with E-state index in [4.69, 9.17) is 16.3 Å². The average molecular weight is 349 g/mol. The Morgan fingerprint density at radius 2 is 1.88 bits per heavy atom. The Kier molecular flexibility index (Phi) is 5.45. The maximum atomic E-state index is 13.1. The summed E-state index contributed by atoms with van der Waals surface area (Å²) >= 11 is 5.72. The van der Waals surface area contributed by atoms with E-state index in [0.29, 0.717) is 11.3 Å². The fourth-order valence-electron chi connectivity index (χ4n) is 2.56. The molecule has 0 saturated carbocycles. The van der Waals surface area contributed by atoms with Gasteiger partial charge in [0.15, 0.2) is 0 Å². The van der Waals surface area contributed by atoms with Gasteiger partial charge in [-0.3, -0.25) is 9.69 Å². The molecule has 2 aromatic carbocycles. The number of anilines is 1. The van der Waals surface area contributed by atoms with Crippen LogP contribution in [0.4, 0.5) is 10.1 Å². The minimum Gasteiger partial charge on any atom is -0.379 e. The van der Waals surface area contributed by atoms with E-state index in [0.717, 1.165) is 38.4 Å². The SMILES string of the molecule is O=C(Nc1ccc(F)c(Cl)c1)c1ccc(CN2CCOCC2)cc1. The number of nitrogens with zero attached hydrogens (tertiary/aromatic N) is 1. The van der Waals surface area contributed by atoms with Crippen molar-refractivity contribution in [3.63, 3.8) is 0 Å². The van der Waals surface area contributed by atoms with Crippen molar-refractivity contribution < 1.29 is 13.9 Å². The van der Waals surface area contributed by atoms with Gasteiger partial charge in [0.05, 0.1) is 18.2 Å². The molecule has 1 aliphatic rings. The molecule has 4 nitrogen and oxygen atoms in total. The van der Waals surface area contributed by atoms with Crippen molar-refractivity contribution in [3.8, 4) is 0 Å². The Bertz CT molecular complexity index is 715. The van der Waals surface area contributed by atoms with Crippen LogP contribution in [0.2, 0.25) is 5.02 Å². The topological polar surface area (TPSA) is 41.6 Å². The maximum Gasteiger partial charge on any atom is 0.255 e. The summed E-state index contributed by atoms with van der Waals surface area (Å²) in [7, 11) is 0. The Balaban J connectivity index is 1.61. The molecular formula is C18H18ClFN2O2. The summed E-state index contributed by atoms with van der Waals surface area (Å²) in [4.78, 5) is 14.6. The highest BCUT2D eigenvalue weighted by Crippen LogP contribution is 2.20. The Morgan fingerprint density at radius 1 is 1.17 bits per heavy atom. The van der Waals surface area contributed by atoms with Crippen LogP contribution in [0.3, 0.4) is 0 Å². The van der Waals surface area contributed by atoms with Gasteiger partial charge in [0.1, 0.15) is 5.82 Å². The zero-order valence-corrected chi connectivity index (χ0v) is 13.9. The summed E-state index contributed by atoms with van der Waals surface area (Å²) in [5.41, 5.74) is 2.16. The number of benzene rings is 2. The average Bonchev–Trinajstić information content (AvgIpc) is 2.60. The highest BCUT2D eigenvalue weighted by atomic mass is 35.5. The van der Waals surface area contributed by atoms with Crippen molar-refractivity contribution in [2.24, 2.45) is 0 Å². The van der Waals surface area contributed by atoms with E-state index >= 15 is 0 Å². The lowest BCUT2D eigenvalue weighted by molar-refractivity contribution is 0.0342. The molecule has 0 bridgehead atoms. The molecule has 1 fully saturated rings. The molecule has 1 heterocycles. The quantitative estimate of drug-likeness (QED) is 0.918. The number of amides is 1. The molecule has 0 aromatic heterocycles. The zero-order chi connectivity index (χ0) is 16.9. The minimum absolute atomic E-state index is 0.0198. The predicted octanol–water partition coefficient (Wildman–Crippen LogP) is 3.56. The number of nitrogens with one attached hydrogen (secondary N) is 1. The minimum atomic E-state index is -0.512. The number of hydrogen-bond acceptors (Lipinski definition) is 3. The first-order chi connectivity index (χ1) is 11.6. The summed E-state index contributed by atoms with van der Waals surface area (Å²) in [6, 6.07) is 11.6. The normalized spacial score (nSPS) is 15.2. The van der Waals surface area contributed by atoms with Crippen molar-refractivity contribution in [2.45, 2.75) is 6.54 Å². The van der Waals surface area contributed by atoms with E-state index < -0.39 is 5.82 Å². The molecule has 2 aromatic rings.